The molecule has 1 heterocycles. The molecule has 1 spiro atoms. The Bertz CT molecular complexity index is 240. The van der Waals surface area contributed by atoms with Gasteiger partial charge in [0.15, 0.2) is 0 Å². The molecule has 1 saturated heterocycles. The van der Waals surface area contributed by atoms with Gasteiger partial charge >= 0.3 is 0 Å². The Morgan fingerprint density at radius 3 is 2.33 bits per heavy atom. The number of halogens is 1. The van der Waals surface area contributed by atoms with Crippen LogP contribution in [0.4, 0.5) is 0 Å². The van der Waals surface area contributed by atoms with Crippen molar-refractivity contribution in [2.75, 3.05) is 13.1 Å². The Labute approximate surface area is 101 Å². The molecule has 2 fully saturated rings. The predicted octanol–water partition coefficient (Wildman–Crippen LogP) is 2.95. The fraction of sp³-hybridized carbons (Fsp3) is 0.917. The molecule has 0 bridgehead atoms. The van der Waals surface area contributed by atoms with Crippen LogP contribution in [0.2, 0.25) is 0 Å². The summed E-state index contributed by atoms with van der Waals surface area (Å²) in [5, 5.41) is 0. The molecule has 1 aliphatic carbocycles. The highest BCUT2D eigenvalue weighted by Crippen LogP contribution is 2.48. The lowest BCUT2D eigenvalue weighted by atomic mass is 9.63. The number of hydrogen-bond acceptors (Lipinski definition) is 1. The van der Waals surface area contributed by atoms with Crippen molar-refractivity contribution >= 4 is 21.8 Å². The van der Waals surface area contributed by atoms with Gasteiger partial charge in [-0.3, -0.25) is 4.79 Å². The molecular weight excluding hydrogens is 254 g/mol. The van der Waals surface area contributed by atoms with E-state index in [1.54, 1.807) is 0 Å². The van der Waals surface area contributed by atoms with Crippen LogP contribution < -0.4 is 0 Å². The van der Waals surface area contributed by atoms with Gasteiger partial charge in [-0.15, -0.1) is 0 Å². The van der Waals surface area contributed by atoms with Crippen LogP contribution in [0.1, 0.15) is 45.4 Å². The van der Waals surface area contributed by atoms with Crippen LogP contribution in [0.3, 0.4) is 0 Å². The predicted molar refractivity (Wildman–Crippen MR) is 65.1 cm³/mol. The Hall–Kier alpha value is -0.0500. The Balaban J connectivity index is 1.85. The van der Waals surface area contributed by atoms with Gasteiger partial charge in [-0.25, -0.2) is 0 Å². The minimum atomic E-state index is 0.0351. The molecule has 0 radical (unpaired) electrons. The zero-order valence-corrected chi connectivity index (χ0v) is 11.1. The summed E-state index contributed by atoms with van der Waals surface area (Å²) < 4.78 is 0. The van der Waals surface area contributed by atoms with Gasteiger partial charge in [0.25, 0.3) is 0 Å². The average Bonchev–Trinajstić information content (AvgIpc) is 2.25. The maximum Gasteiger partial charge on any atom is 0.236 e. The summed E-state index contributed by atoms with van der Waals surface area (Å²) in [6, 6.07) is 0. The van der Waals surface area contributed by atoms with Crippen molar-refractivity contribution in [1.29, 1.82) is 0 Å². The summed E-state index contributed by atoms with van der Waals surface area (Å²) in [4.78, 5) is 14.0. The molecular formula is C12H20BrNO. The van der Waals surface area contributed by atoms with Crippen molar-refractivity contribution < 1.29 is 4.79 Å². The third kappa shape index (κ3) is 2.22. The lowest BCUT2D eigenvalue weighted by Crippen LogP contribution is -2.47. The summed E-state index contributed by atoms with van der Waals surface area (Å²) in [5.74, 6) is 0.298. The van der Waals surface area contributed by atoms with Gasteiger partial charge < -0.3 is 4.90 Å². The minimum absolute atomic E-state index is 0.0351. The Kier molecular flexibility index (Phi) is 3.39. The first-order chi connectivity index (χ1) is 7.17. The van der Waals surface area contributed by atoms with Crippen LogP contribution in [0.15, 0.2) is 0 Å². The highest BCUT2D eigenvalue weighted by molar-refractivity contribution is 9.10. The zero-order valence-electron chi connectivity index (χ0n) is 9.47. The number of hydrogen-bond donors (Lipinski definition) is 0. The highest BCUT2D eigenvalue weighted by atomic mass is 79.9. The van der Waals surface area contributed by atoms with Crippen molar-refractivity contribution in [3.05, 3.63) is 0 Å². The van der Waals surface area contributed by atoms with Crippen molar-refractivity contribution in [2.24, 2.45) is 5.41 Å². The van der Waals surface area contributed by atoms with E-state index >= 15 is 0 Å². The number of alkyl halides is 1. The largest absolute Gasteiger partial charge is 0.342 e. The summed E-state index contributed by atoms with van der Waals surface area (Å²) in [6.45, 7) is 4.02. The quantitative estimate of drug-likeness (QED) is 0.709. The topological polar surface area (TPSA) is 20.3 Å². The molecule has 1 atom stereocenters. The first kappa shape index (κ1) is 11.4. The molecule has 0 aromatic carbocycles. The normalized spacial score (nSPS) is 26.1. The number of carbonyl (C=O) groups is 1. The fourth-order valence-corrected chi connectivity index (χ4v) is 3.04. The standard InChI is InChI=1S/C12H20BrNO/c1-2-10(13)11(15)14-8-6-12(7-9-14)4-3-5-12/h10H,2-9H2,1H3. The summed E-state index contributed by atoms with van der Waals surface area (Å²) in [7, 11) is 0. The molecule has 2 nitrogen and oxygen atoms in total. The molecule has 0 aromatic rings. The molecule has 1 unspecified atom stereocenters. The SMILES string of the molecule is CCC(Br)C(=O)N1CCC2(CCC2)CC1. The van der Waals surface area contributed by atoms with E-state index in [9.17, 15) is 4.79 Å². The van der Waals surface area contributed by atoms with Crippen LogP contribution in [-0.2, 0) is 4.79 Å². The van der Waals surface area contributed by atoms with E-state index in [2.05, 4.69) is 22.9 Å². The first-order valence-corrected chi connectivity index (χ1v) is 7.01. The molecule has 0 aromatic heterocycles. The van der Waals surface area contributed by atoms with Gasteiger partial charge in [-0.05, 0) is 37.5 Å². The van der Waals surface area contributed by atoms with Gasteiger partial charge in [0.1, 0.15) is 0 Å². The van der Waals surface area contributed by atoms with E-state index in [0.717, 1.165) is 19.5 Å². The lowest BCUT2D eigenvalue weighted by Gasteiger charge is -2.48. The molecule has 2 rings (SSSR count). The van der Waals surface area contributed by atoms with Gasteiger partial charge in [0.05, 0.1) is 4.83 Å². The third-order valence-corrected chi connectivity index (χ3v) is 5.22. The maximum absolute atomic E-state index is 11.9. The molecule has 0 N–H and O–H groups in total. The van der Waals surface area contributed by atoms with E-state index in [1.165, 1.54) is 32.1 Å². The fourth-order valence-electron chi connectivity index (χ4n) is 2.75. The van der Waals surface area contributed by atoms with E-state index < -0.39 is 0 Å². The smallest absolute Gasteiger partial charge is 0.236 e. The van der Waals surface area contributed by atoms with Gasteiger partial charge in [0, 0.05) is 13.1 Å². The van der Waals surface area contributed by atoms with E-state index in [-0.39, 0.29) is 4.83 Å². The summed E-state index contributed by atoms with van der Waals surface area (Å²) >= 11 is 3.45. The van der Waals surface area contributed by atoms with Crippen molar-refractivity contribution in [2.45, 2.75) is 50.3 Å². The second-order valence-corrected chi connectivity index (χ2v) is 6.16. The second-order valence-electron chi connectivity index (χ2n) is 5.05. The number of nitrogens with zero attached hydrogens (tertiary/aromatic N) is 1. The maximum atomic E-state index is 11.9. The Morgan fingerprint density at radius 1 is 1.33 bits per heavy atom. The van der Waals surface area contributed by atoms with Gasteiger partial charge in [0.2, 0.25) is 5.91 Å². The first-order valence-electron chi connectivity index (χ1n) is 6.10. The van der Waals surface area contributed by atoms with E-state index in [4.69, 9.17) is 0 Å². The van der Waals surface area contributed by atoms with Crippen LogP contribution in [0.25, 0.3) is 0 Å². The van der Waals surface area contributed by atoms with E-state index in [1.807, 2.05) is 4.90 Å². The van der Waals surface area contributed by atoms with Crippen LogP contribution in [0, 0.1) is 5.41 Å². The molecule has 15 heavy (non-hydrogen) atoms. The van der Waals surface area contributed by atoms with E-state index in [0.29, 0.717) is 11.3 Å². The van der Waals surface area contributed by atoms with Gasteiger partial charge in [-0.2, -0.15) is 0 Å². The Morgan fingerprint density at radius 2 is 1.93 bits per heavy atom. The highest BCUT2D eigenvalue weighted by Gasteiger charge is 2.40. The summed E-state index contributed by atoms with van der Waals surface area (Å²) in [5.41, 5.74) is 0.644. The number of amides is 1. The molecule has 1 amide bonds. The van der Waals surface area contributed by atoms with Crippen LogP contribution in [0.5, 0.6) is 0 Å². The van der Waals surface area contributed by atoms with Crippen molar-refractivity contribution in [3.8, 4) is 0 Å². The van der Waals surface area contributed by atoms with Crippen molar-refractivity contribution in [3.63, 3.8) is 0 Å². The van der Waals surface area contributed by atoms with Crippen LogP contribution in [-0.4, -0.2) is 28.7 Å². The molecule has 1 aliphatic heterocycles. The van der Waals surface area contributed by atoms with Crippen molar-refractivity contribution in [1.82, 2.24) is 4.90 Å². The minimum Gasteiger partial charge on any atom is -0.342 e. The second kappa shape index (κ2) is 4.44. The number of carbonyl (C=O) groups excluding carboxylic acids is 1. The lowest BCUT2D eigenvalue weighted by molar-refractivity contribution is -0.133. The molecule has 86 valence electrons. The number of likely N-dealkylation sites (tertiary alicyclic amines) is 1. The monoisotopic (exact) mass is 273 g/mol. The zero-order chi connectivity index (χ0) is 10.9. The number of piperidine rings is 1. The third-order valence-electron chi connectivity index (χ3n) is 4.18. The van der Waals surface area contributed by atoms with Crippen LogP contribution >= 0.6 is 15.9 Å². The average molecular weight is 274 g/mol. The molecule has 2 aliphatic rings. The van der Waals surface area contributed by atoms with Gasteiger partial charge in [-0.1, -0.05) is 29.3 Å². The summed E-state index contributed by atoms with van der Waals surface area (Å²) in [6.07, 6.45) is 7.58. The number of rotatable bonds is 2. The molecule has 3 heteroatoms. The molecule has 1 saturated carbocycles.